The van der Waals surface area contributed by atoms with Gasteiger partial charge in [0.25, 0.3) is 0 Å². The van der Waals surface area contributed by atoms with Crippen molar-refractivity contribution in [1.29, 1.82) is 0 Å². The number of nitrogens with zero attached hydrogens (tertiary/aromatic N) is 2. The molecule has 2 rings (SSSR count). The van der Waals surface area contributed by atoms with Crippen LogP contribution < -0.4 is 5.32 Å². The van der Waals surface area contributed by atoms with Crippen LogP contribution in [0, 0.1) is 18.8 Å². The van der Waals surface area contributed by atoms with E-state index < -0.39 is 0 Å². The summed E-state index contributed by atoms with van der Waals surface area (Å²) in [6.45, 7) is 3.19. The number of aromatic nitrogens is 2. The Morgan fingerprint density at radius 2 is 2.12 bits per heavy atom. The molecule has 0 saturated heterocycles. The van der Waals surface area contributed by atoms with E-state index in [9.17, 15) is 0 Å². The minimum absolute atomic E-state index is 0.767. The molecular formula is C13H22ClN3. The summed E-state index contributed by atoms with van der Waals surface area (Å²) in [5, 5.41) is 8.52. The molecule has 1 aromatic rings. The third-order valence-electron chi connectivity index (χ3n) is 4.02. The lowest BCUT2D eigenvalue weighted by atomic mass is 9.90. The second-order valence-corrected chi connectivity index (χ2v) is 5.55. The Bertz CT molecular complexity index is 386. The topological polar surface area (TPSA) is 29.9 Å². The molecule has 0 amide bonds. The van der Waals surface area contributed by atoms with E-state index in [0.717, 1.165) is 35.6 Å². The van der Waals surface area contributed by atoms with E-state index in [-0.39, 0.29) is 0 Å². The zero-order valence-corrected chi connectivity index (χ0v) is 11.7. The molecule has 0 spiro atoms. The van der Waals surface area contributed by atoms with Crippen LogP contribution in [-0.4, -0.2) is 23.4 Å². The van der Waals surface area contributed by atoms with Crippen LogP contribution >= 0.6 is 11.6 Å². The highest BCUT2D eigenvalue weighted by atomic mass is 35.5. The Morgan fingerprint density at radius 1 is 1.41 bits per heavy atom. The van der Waals surface area contributed by atoms with E-state index in [1.165, 1.54) is 24.8 Å². The molecule has 0 aliphatic heterocycles. The average molecular weight is 256 g/mol. The Kier molecular flexibility index (Phi) is 4.10. The van der Waals surface area contributed by atoms with Crippen molar-refractivity contribution in [3.63, 3.8) is 0 Å². The van der Waals surface area contributed by atoms with Gasteiger partial charge in [0.15, 0.2) is 0 Å². The van der Waals surface area contributed by atoms with Crippen molar-refractivity contribution in [1.82, 2.24) is 15.1 Å². The largest absolute Gasteiger partial charge is 0.319 e. The quantitative estimate of drug-likeness (QED) is 0.896. The number of hydrogen-bond acceptors (Lipinski definition) is 2. The average Bonchev–Trinajstić information content (AvgIpc) is 2.81. The monoisotopic (exact) mass is 255 g/mol. The second kappa shape index (κ2) is 5.40. The van der Waals surface area contributed by atoms with Gasteiger partial charge in [0.1, 0.15) is 5.15 Å². The standard InChI is InChI=1S/C13H22ClN3/c1-9-12(13(14)17(3)16-9)7-10-5-4-6-11(10)8-15-2/h10-11,15H,4-8H2,1-3H3. The second-order valence-electron chi connectivity index (χ2n) is 5.19. The van der Waals surface area contributed by atoms with Gasteiger partial charge in [0.05, 0.1) is 5.69 Å². The zero-order valence-electron chi connectivity index (χ0n) is 11.0. The van der Waals surface area contributed by atoms with Crippen molar-refractivity contribution >= 4 is 11.6 Å². The lowest BCUT2D eigenvalue weighted by Gasteiger charge is -2.19. The summed E-state index contributed by atoms with van der Waals surface area (Å²) in [6.07, 6.45) is 5.12. The molecule has 2 unspecified atom stereocenters. The van der Waals surface area contributed by atoms with Gasteiger partial charge in [-0.3, -0.25) is 4.68 Å². The molecule has 96 valence electrons. The highest BCUT2D eigenvalue weighted by Gasteiger charge is 2.28. The predicted molar refractivity (Wildman–Crippen MR) is 71.4 cm³/mol. The molecule has 1 aromatic heterocycles. The maximum Gasteiger partial charge on any atom is 0.130 e. The van der Waals surface area contributed by atoms with E-state index in [1.54, 1.807) is 4.68 Å². The smallest absolute Gasteiger partial charge is 0.130 e. The van der Waals surface area contributed by atoms with Crippen LogP contribution in [0.25, 0.3) is 0 Å². The first-order valence-electron chi connectivity index (χ1n) is 6.46. The molecule has 1 aliphatic carbocycles. The van der Waals surface area contributed by atoms with Crippen molar-refractivity contribution in [2.45, 2.75) is 32.6 Å². The van der Waals surface area contributed by atoms with Crippen molar-refractivity contribution < 1.29 is 0 Å². The number of nitrogens with one attached hydrogen (secondary N) is 1. The van der Waals surface area contributed by atoms with Crippen molar-refractivity contribution in [3.05, 3.63) is 16.4 Å². The maximum absolute atomic E-state index is 6.30. The first-order valence-corrected chi connectivity index (χ1v) is 6.83. The van der Waals surface area contributed by atoms with Gasteiger partial charge >= 0.3 is 0 Å². The zero-order chi connectivity index (χ0) is 12.4. The number of halogens is 1. The highest BCUT2D eigenvalue weighted by molar-refractivity contribution is 6.30. The van der Waals surface area contributed by atoms with Crippen LogP contribution in [-0.2, 0) is 13.5 Å². The highest BCUT2D eigenvalue weighted by Crippen LogP contribution is 2.35. The number of aryl methyl sites for hydroxylation is 2. The van der Waals surface area contributed by atoms with E-state index in [4.69, 9.17) is 11.6 Å². The molecule has 3 nitrogen and oxygen atoms in total. The van der Waals surface area contributed by atoms with E-state index in [0.29, 0.717) is 0 Å². The maximum atomic E-state index is 6.30. The van der Waals surface area contributed by atoms with Crippen molar-refractivity contribution in [2.24, 2.45) is 18.9 Å². The van der Waals surface area contributed by atoms with Gasteiger partial charge in [-0.05, 0) is 51.6 Å². The Hall–Kier alpha value is -0.540. The predicted octanol–water partition coefficient (Wildman–Crippen LogP) is 2.56. The summed E-state index contributed by atoms with van der Waals surface area (Å²) in [5.41, 5.74) is 2.34. The van der Waals surface area contributed by atoms with E-state index in [1.807, 2.05) is 14.1 Å². The normalized spacial score (nSPS) is 24.5. The molecular weight excluding hydrogens is 234 g/mol. The first-order chi connectivity index (χ1) is 8.13. The van der Waals surface area contributed by atoms with Crippen LogP contribution in [0.3, 0.4) is 0 Å². The third kappa shape index (κ3) is 2.66. The molecule has 1 fully saturated rings. The lowest BCUT2D eigenvalue weighted by Crippen LogP contribution is -2.23. The summed E-state index contributed by atoms with van der Waals surface area (Å²) in [6, 6.07) is 0. The Balaban J connectivity index is 2.09. The first kappa shape index (κ1) is 12.9. The van der Waals surface area contributed by atoms with Gasteiger partial charge in [0.2, 0.25) is 0 Å². The van der Waals surface area contributed by atoms with Gasteiger partial charge in [-0.25, -0.2) is 0 Å². The van der Waals surface area contributed by atoms with Crippen LogP contribution in [0.1, 0.15) is 30.5 Å². The summed E-state index contributed by atoms with van der Waals surface area (Å²) in [4.78, 5) is 0. The molecule has 1 aliphatic rings. The van der Waals surface area contributed by atoms with Gasteiger partial charge < -0.3 is 5.32 Å². The lowest BCUT2D eigenvalue weighted by molar-refractivity contribution is 0.374. The number of hydrogen-bond donors (Lipinski definition) is 1. The van der Waals surface area contributed by atoms with Crippen LogP contribution in [0.5, 0.6) is 0 Å². The van der Waals surface area contributed by atoms with Crippen LogP contribution in [0.2, 0.25) is 5.15 Å². The van der Waals surface area contributed by atoms with Crippen molar-refractivity contribution in [2.75, 3.05) is 13.6 Å². The Morgan fingerprint density at radius 3 is 2.71 bits per heavy atom. The van der Waals surface area contributed by atoms with Crippen molar-refractivity contribution in [3.8, 4) is 0 Å². The fraction of sp³-hybridized carbons (Fsp3) is 0.769. The summed E-state index contributed by atoms with van der Waals surface area (Å²) >= 11 is 6.30. The minimum atomic E-state index is 0.767. The van der Waals surface area contributed by atoms with Gasteiger partial charge in [0, 0.05) is 12.6 Å². The van der Waals surface area contributed by atoms with Crippen LogP contribution in [0.15, 0.2) is 0 Å². The number of rotatable bonds is 4. The molecule has 4 heteroatoms. The minimum Gasteiger partial charge on any atom is -0.319 e. The molecule has 1 saturated carbocycles. The SMILES string of the molecule is CNCC1CCCC1Cc1c(C)nn(C)c1Cl. The molecule has 0 radical (unpaired) electrons. The van der Waals surface area contributed by atoms with Crippen LogP contribution in [0.4, 0.5) is 0 Å². The van der Waals surface area contributed by atoms with Gasteiger partial charge in [-0.2, -0.15) is 5.10 Å². The van der Waals surface area contributed by atoms with Gasteiger partial charge in [-0.15, -0.1) is 0 Å². The Labute approximate surface area is 109 Å². The molecule has 2 atom stereocenters. The van der Waals surface area contributed by atoms with E-state index >= 15 is 0 Å². The summed E-state index contributed by atoms with van der Waals surface area (Å²) in [7, 11) is 3.95. The molecule has 17 heavy (non-hydrogen) atoms. The fourth-order valence-corrected chi connectivity index (χ4v) is 3.33. The summed E-state index contributed by atoms with van der Waals surface area (Å²) in [5.74, 6) is 1.57. The molecule has 1 N–H and O–H groups in total. The third-order valence-corrected chi connectivity index (χ3v) is 4.49. The fourth-order valence-electron chi connectivity index (χ4n) is 3.08. The molecule has 0 aromatic carbocycles. The molecule has 1 heterocycles. The van der Waals surface area contributed by atoms with E-state index in [2.05, 4.69) is 17.3 Å². The molecule has 0 bridgehead atoms. The van der Waals surface area contributed by atoms with Gasteiger partial charge in [-0.1, -0.05) is 18.0 Å². The summed E-state index contributed by atoms with van der Waals surface area (Å²) < 4.78 is 1.79.